The number of amides is 1. The van der Waals surface area contributed by atoms with Gasteiger partial charge in [0.15, 0.2) is 0 Å². The first-order valence-corrected chi connectivity index (χ1v) is 6.31. The van der Waals surface area contributed by atoms with E-state index in [1.165, 1.54) is 0 Å². The van der Waals surface area contributed by atoms with E-state index in [2.05, 4.69) is 10.6 Å². The van der Waals surface area contributed by atoms with E-state index < -0.39 is 0 Å². The minimum Gasteiger partial charge on any atom is -0.378 e. The van der Waals surface area contributed by atoms with E-state index in [1.807, 2.05) is 27.7 Å². The zero-order chi connectivity index (χ0) is 13.3. The van der Waals surface area contributed by atoms with Crippen molar-refractivity contribution < 1.29 is 9.53 Å². The zero-order valence-corrected chi connectivity index (χ0v) is 12.1. The number of nitrogens with one attached hydrogen (secondary N) is 2. The lowest BCUT2D eigenvalue weighted by Gasteiger charge is -2.17. The van der Waals surface area contributed by atoms with Crippen molar-refractivity contribution in [3.05, 3.63) is 0 Å². The molecule has 0 rings (SSSR count). The Kier molecular flexibility index (Phi) is 8.08. The van der Waals surface area contributed by atoms with Gasteiger partial charge in [-0.25, -0.2) is 0 Å². The van der Waals surface area contributed by atoms with Crippen molar-refractivity contribution in [1.82, 2.24) is 10.6 Å². The Hall–Kier alpha value is -0.680. The van der Waals surface area contributed by atoms with Crippen molar-refractivity contribution >= 4 is 23.1 Å². The Morgan fingerprint density at radius 2 is 1.71 bits per heavy atom. The second kappa shape index (κ2) is 8.42. The highest BCUT2D eigenvalue weighted by molar-refractivity contribution is 7.80. The van der Waals surface area contributed by atoms with Gasteiger partial charge in [-0.05, 0) is 12.3 Å². The first kappa shape index (κ1) is 16.3. The van der Waals surface area contributed by atoms with Crippen LogP contribution in [0.15, 0.2) is 0 Å². The highest BCUT2D eigenvalue weighted by Crippen LogP contribution is 2.17. The van der Waals surface area contributed by atoms with Crippen molar-refractivity contribution in [1.29, 1.82) is 0 Å². The van der Waals surface area contributed by atoms with Crippen molar-refractivity contribution in [2.45, 2.75) is 34.1 Å². The van der Waals surface area contributed by atoms with E-state index in [1.54, 1.807) is 0 Å². The molecule has 0 aromatic rings. The summed E-state index contributed by atoms with van der Waals surface area (Å²) in [7, 11) is 0. The number of carbonyl (C=O) groups is 1. The number of hydrogen-bond donors (Lipinski definition) is 2. The lowest BCUT2D eigenvalue weighted by molar-refractivity contribution is -0.123. The predicted octanol–water partition coefficient (Wildman–Crippen LogP) is 1.49. The maximum atomic E-state index is 11.4. The summed E-state index contributed by atoms with van der Waals surface area (Å²) in [5.41, 5.74) is 0.0334. The van der Waals surface area contributed by atoms with Crippen LogP contribution in [0.5, 0.6) is 0 Å². The van der Waals surface area contributed by atoms with E-state index in [9.17, 15) is 4.79 Å². The van der Waals surface area contributed by atoms with Gasteiger partial charge in [0.05, 0.1) is 18.2 Å². The maximum Gasteiger partial charge on any atom is 0.220 e. The largest absolute Gasteiger partial charge is 0.378 e. The van der Waals surface area contributed by atoms with Gasteiger partial charge < -0.3 is 15.4 Å². The molecule has 0 spiro atoms. The third-order valence-electron chi connectivity index (χ3n) is 1.88. The molecule has 2 N–H and O–H groups in total. The summed E-state index contributed by atoms with van der Waals surface area (Å²) in [5.74, 6) is 0.0777. The van der Waals surface area contributed by atoms with Crippen molar-refractivity contribution in [2.75, 3.05) is 26.3 Å². The van der Waals surface area contributed by atoms with E-state index >= 15 is 0 Å². The van der Waals surface area contributed by atoms with Crippen LogP contribution in [0.25, 0.3) is 0 Å². The van der Waals surface area contributed by atoms with Crippen LogP contribution >= 0.6 is 12.2 Å². The van der Waals surface area contributed by atoms with Gasteiger partial charge in [-0.1, -0.05) is 33.0 Å². The number of carbonyl (C=O) groups excluding carboxylic acids is 1. The molecule has 1 amide bonds. The van der Waals surface area contributed by atoms with Gasteiger partial charge in [0.25, 0.3) is 0 Å². The van der Waals surface area contributed by atoms with Gasteiger partial charge in [-0.15, -0.1) is 0 Å². The molecule has 0 saturated carbocycles. The number of ether oxygens (including phenoxy) is 1. The number of rotatable bonds is 7. The van der Waals surface area contributed by atoms with Crippen molar-refractivity contribution in [3.8, 4) is 0 Å². The van der Waals surface area contributed by atoms with Gasteiger partial charge in [0.1, 0.15) is 0 Å². The van der Waals surface area contributed by atoms with Crippen molar-refractivity contribution in [2.24, 2.45) is 5.41 Å². The van der Waals surface area contributed by atoms with Gasteiger partial charge in [0, 0.05) is 19.5 Å². The van der Waals surface area contributed by atoms with E-state index in [0.29, 0.717) is 32.7 Å². The molecule has 0 unspecified atom stereocenters. The molecule has 17 heavy (non-hydrogen) atoms. The standard InChI is InChI=1S/C12H24N2O2S/c1-10(17)13-5-7-16-8-6-14-11(15)9-12(2,3)4/h5-9H2,1-4H3,(H,13,17)(H,14,15). The molecule has 4 nitrogen and oxygen atoms in total. The fraction of sp³-hybridized carbons (Fsp3) is 0.833. The molecule has 0 saturated heterocycles. The third kappa shape index (κ3) is 13.3. The predicted molar refractivity (Wildman–Crippen MR) is 74.2 cm³/mol. The molecule has 0 aliphatic carbocycles. The topological polar surface area (TPSA) is 50.4 Å². The Labute approximate surface area is 109 Å². The van der Waals surface area contributed by atoms with E-state index in [0.717, 1.165) is 4.99 Å². The second-order valence-corrected chi connectivity index (χ2v) is 5.80. The summed E-state index contributed by atoms with van der Waals surface area (Å²) in [4.78, 5) is 12.2. The molecule has 0 fully saturated rings. The van der Waals surface area contributed by atoms with Crippen LogP contribution in [0.2, 0.25) is 0 Å². The van der Waals surface area contributed by atoms with Crippen molar-refractivity contribution in [3.63, 3.8) is 0 Å². The lowest BCUT2D eigenvalue weighted by atomic mass is 9.92. The first-order chi connectivity index (χ1) is 7.81. The molecule has 100 valence electrons. The fourth-order valence-electron chi connectivity index (χ4n) is 1.21. The maximum absolute atomic E-state index is 11.4. The number of thiocarbonyl (C=S) groups is 1. The van der Waals surface area contributed by atoms with E-state index in [-0.39, 0.29) is 11.3 Å². The molecule has 0 aliphatic rings. The quantitative estimate of drug-likeness (QED) is 0.538. The molecule has 0 aromatic heterocycles. The fourth-order valence-corrected chi connectivity index (χ4v) is 1.31. The molecule has 0 radical (unpaired) electrons. The van der Waals surface area contributed by atoms with Crippen LogP contribution in [0.3, 0.4) is 0 Å². The summed E-state index contributed by atoms with van der Waals surface area (Å²) in [5, 5.41) is 5.82. The molecular weight excluding hydrogens is 236 g/mol. The second-order valence-electron chi connectivity index (χ2n) is 5.18. The minimum absolute atomic E-state index is 0.0334. The molecule has 0 atom stereocenters. The average Bonchev–Trinajstić information content (AvgIpc) is 2.12. The highest BCUT2D eigenvalue weighted by atomic mass is 32.1. The summed E-state index contributed by atoms with van der Waals surface area (Å²) in [6, 6.07) is 0. The highest BCUT2D eigenvalue weighted by Gasteiger charge is 2.14. The summed E-state index contributed by atoms with van der Waals surface area (Å²) < 4.78 is 5.33. The normalized spacial score (nSPS) is 11.1. The molecule has 0 aromatic carbocycles. The van der Waals surface area contributed by atoms with Crippen LogP contribution in [0.1, 0.15) is 34.1 Å². The number of hydrogen-bond acceptors (Lipinski definition) is 3. The summed E-state index contributed by atoms with van der Waals surface area (Å²) in [6.45, 7) is 10.4. The summed E-state index contributed by atoms with van der Waals surface area (Å²) >= 11 is 4.86. The van der Waals surface area contributed by atoms with Crippen LogP contribution in [0.4, 0.5) is 0 Å². The lowest BCUT2D eigenvalue weighted by Crippen LogP contribution is -2.31. The smallest absolute Gasteiger partial charge is 0.220 e. The zero-order valence-electron chi connectivity index (χ0n) is 11.3. The van der Waals surface area contributed by atoms with Gasteiger partial charge >= 0.3 is 0 Å². The van der Waals surface area contributed by atoms with Gasteiger partial charge in [-0.3, -0.25) is 4.79 Å². The first-order valence-electron chi connectivity index (χ1n) is 5.90. The van der Waals surface area contributed by atoms with Crippen LogP contribution < -0.4 is 10.6 Å². The van der Waals surface area contributed by atoms with Gasteiger partial charge in [-0.2, -0.15) is 0 Å². The third-order valence-corrected chi connectivity index (χ3v) is 2.02. The Bertz CT molecular complexity index is 249. The van der Waals surface area contributed by atoms with E-state index in [4.69, 9.17) is 17.0 Å². The molecule has 0 heterocycles. The van der Waals surface area contributed by atoms with Crippen LogP contribution in [-0.2, 0) is 9.53 Å². The summed E-state index contributed by atoms with van der Waals surface area (Å²) in [6.07, 6.45) is 0.540. The Morgan fingerprint density at radius 3 is 2.18 bits per heavy atom. The average molecular weight is 260 g/mol. The Balaban J connectivity index is 3.34. The molecule has 0 aliphatic heterocycles. The van der Waals surface area contributed by atoms with Gasteiger partial charge in [0.2, 0.25) is 5.91 Å². The van der Waals surface area contributed by atoms with Crippen LogP contribution in [-0.4, -0.2) is 37.2 Å². The molecule has 5 heteroatoms. The Morgan fingerprint density at radius 1 is 1.18 bits per heavy atom. The minimum atomic E-state index is 0.0334. The monoisotopic (exact) mass is 260 g/mol. The molecule has 0 bridgehead atoms. The SMILES string of the molecule is CC(=S)NCCOCCNC(=O)CC(C)(C)C. The molecular formula is C12H24N2O2S. The van der Waals surface area contributed by atoms with Crippen LogP contribution in [0, 0.1) is 5.41 Å².